The van der Waals surface area contributed by atoms with Crippen molar-refractivity contribution in [3.8, 4) is 11.4 Å². The van der Waals surface area contributed by atoms with E-state index in [4.69, 9.17) is 0 Å². The number of hydrogen-bond donors (Lipinski definition) is 2. The largest absolute Gasteiger partial charge is 0.391 e. The lowest BCUT2D eigenvalue weighted by atomic mass is 10.1. The van der Waals surface area contributed by atoms with Crippen molar-refractivity contribution in [1.82, 2.24) is 29.9 Å². The van der Waals surface area contributed by atoms with Crippen LogP contribution in [-0.4, -0.2) is 41.8 Å². The number of aliphatic hydroxyl groups excluding tert-OH is 1. The Hall–Kier alpha value is -2.51. The van der Waals surface area contributed by atoms with Crippen molar-refractivity contribution in [2.75, 3.05) is 0 Å². The first-order valence-corrected chi connectivity index (χ1v) is 10.1. The van der Waals surface area contributed by atoms with Crippen LogP contribution in [0.1, 0.15) is 37.4 Å². The van der Waals surface area contributed by atoms with Crippen molar-refractivity contribution < 1.29 is 5.11 Å². The Morgan fingerprint density at radius 2 is 2.00 bits per heavy atom. The van der Waals surface area contributed by atoms with Gasteiger partial charge in [-0.3, -0.25) is 0 Å². The highest BCUT2D eigenvalue weighted by Gasteiger charge is 2.34. The van der Waals surface area contributed by atoms with Gasteiger partial charge in [-0.05, 0) is 31.6 Å². The molecule has 2 N–H and O–H groups in total. The molecule has 7 heteroatoms. The molecule has 2 heterocycles. The van der Waals surface area contributed by atoms with Crippen LogP contribution < -0.4 is 5.32 Å². The first kappa shape index (κ1) is 17.6. The van der Waals surface area contributed by atoms with Gasteiger partial charge in [0.1, 0.15) is 5.82 Å². The highest BCUT2D eigenvalue weighted by atomic mass is 16.3. The molecule has 1 unspecified atom stereocenters. The number of nitrogens with zero attached hydrogens (tertiary/aromatic N) is 5. The van der Waals surface area contributed by atoms with Crippen molar-refractivity contribution in [3.63, 3.8) is 0 Å². The highest BCUT2D eigenvalue weighted by Crippen LogP contribution is 2.35. The zero-order valence-corrected chi connectivity index (χ0v) is 15.9. The lowest BCUT2D eigenvalue weighted by molar-refractivity contribution is 0.145. The molecule has 2 fully saturated rings. The summed E-state index contributed by atoms with van der Waals surface area (Å²) in [6.07, 6.45) is 9.56. The summed E-state index contributed by atoms with van der Waals surface area (Å²) >= 11 is 0. The van der Waals surface area contributed by atoms with Gasteiger partial charge in [-0.15, -0.1) is 5.10 Å². The molecule has 7 nitrogen and oxygen atoms in total. The molecule has 0 amide bonds. The third-order valence-electron chi connectivity index (χ3n) is 5.92. The van der Waals surface area contributed by atoms with Crippen LogP contribution >= 0.6 is 0 Å². The summed E-state index contributed by atoms with van der Waals surface area (Å²) < 4.78 is 4.24. The molecule has 2 aromatic heterocycles. The minimum Gasteiger partial charge on any atom is -0.391 e. The van der Waals surface area contributed by atoms with Crippen molar-refractivity contribution in [2.24, 2.45) is 5.92 Å². The van der Waals surface area contributed by atoms with E-state index in [0.29, 0.717) is 18.5 Å². The number of nitrogens with one attached hydrogen (secondary N) is 1. The number of aliphatic hydroxyl groups is 1. The molecule has 146 valence electrons. The Morgan fingerprint density at radius 1 is 1.14 bits per heavy atom. The minimum atomic E-state index is -0.320. The smallest absolute Gasteiger partial charge is 0.139 e. The zero-order chi connectivity index (χ0) is 18.9. The average molecular weight is 378 g/mol. The molecule has 0 spiro atoms. The molecule has 2 saturated carbocycles. The second-order valence-electron chi connectivity index (χ2n) is 8.06. The van der Waals surface area contributed by atoms with Crippen LogP contribution in [0.5, 0.6) is 0 Å². The third-order valence-corrected chi connectivity index (χ3v) is 5.92. The zero-order valence-electron chi connectivity index (χ0n) is 15.9. The van der Waals surface area contributed by atoms with Crippen LogP contribution in [0, 0.1) is 5.92 Å². The van der Waals surface area contributed by atoms with Crippen LogP contribution in [0.25, 0.3) is 11.4 Å². The van der Waals surface area contributed by atoms with Gasteiger partial charge in [-0.2, -0.15) is 0 Å². The molecular formula is C21H26N6O. The van der Waals surface area contributed by atoms with E-state index in [1.165, 1.54) is 12.8 Å². The lowest BCUT2D eigenvalue weighted by Crippen LogP contribution is -2.35. The third kappa shape index (κ3) is 3.59. The maximum Gasteiger partial charge on any atom is 0.139 e. The molecule has 0 radical (unpaired) electrons. The molecule has 0 saturated heterocycles. The highest BCUT2D eigenvalue weighted by molar-refractivity contribution is 5.55. The standard InChI is InChI=1S/C21H26N6O/c28-20-11-15(14-26-9-8-22-21(26)16-4-2-1-3-5-16)10-19(20)23-12-18-13-24-25-27(18)17-6-7-17/h1-5,8-9,13,15,17,19-20,23,28H,6-7,10-12,14H2/t15?,19-,20-/m1/s1. The Labute approximate surface area is 164 Å². The topological polar surface area (TPSA) is 80.8 Å². The average Bonchev–Trinajstić information content (AvgIpc) is 3.11. The van der Waals surface area contributed by atoms with E-state index in [9.17, 15) is 5.11 Å². The van der Waals surface area contributed by atoms with Crippen LogP contribution in [0.2, 0.25) is 0 Å². The molecular weight excluding hydrogens is 352 g/mol. The monoisotopic (exact) mass is 378 g/mol. The maximum atomic E-state index is 10.6. The Morgan fingerprint density at radius 3 is 2.82 bits per heavy atom. The van der Waals surface area contributed by atoms with Crippen molar-refractivity contribution in [2.45, 2.75) is 57.0 Å². The molecule has 1 aromatic carbocycles. The SMILES string of the molecule is O[C@@H]1CC(Cn2ccnc2-c2ccccc2)C[C@H]1NCc1cnnn1C1CC1. The summed E-state index contributed by atoms with van der Waals surface area (Å²) in [7, 11) is 0. The van der Waals surface area contributed by atoms with E-state index in [2.05, 4.69) is 37.3 Å². The second kappa shape index (κ2) is 7.48. The van der Waals surface area contributed by atoms with Gasteiger partial charge in [-0.25, -0.2) is 9.67 Å². The summed E-state index contributed by atoms with van der Waals surface area (Å²) in [6, 6.07) is 10.9. The summed E-state index contributed by atoms with van der Waals surface area (Å²) in [6.45, 7) is 1.58. The van der Waals surface area contributed by atoms with E-state index in [-0.39, 0.29) is 12.1 Å². The van der Waals surface area contributed by atoms with E-state index >= 15 is 0 Å². The number of aromatic nitrogens is 5. The summed E-state index contributed by atoms with van der Waals surface area (Å²) in [5, 5.41) is 22.4. The number of hydrogen-bond acceptors (Lipinski definition) is 5. The van der Waals surface area contributed by atoms with Gasteiger partial charge in [0.25, 0.3) is 0 Å². The summed E-state index contributed by atoms with van der Waals surface area (Å²) in [5.41, 5.74) is 2.24. The van der Waals surface area contributed by atoms with Gasteiger partial charge < -0.3 is 15.0 Å². The van der Waals surface area contributed by atoms with Gasteiger partial charge in [0, 0.05) is 37.1 Å². The van der Waals surface area contributed by atoms with E-state index in [0.717, 1.165) is 36.5 Å². The van der Waals surface area contributed by atoms with Crippen LogP contribution in [0.4, 0.5) is 0 Å². The first-order valence-electron chi connectivity index (χ1n) is 10.1. The van der Waals surface area contributed by atoms with Crippen LogP contribution in [0.3, 0.4) is 0 Å². The molecule has 2 aliphatic carbocycles. The van der Waals surface area contributed by atoms with E-state index in [1.54, 1.807) is 0 Å². The lowest BCUT2D eigenvalue weighted by Gasteiger charge is -2.17. The molecule has 0 bridgehead atoms. The molecule has 2 aliphatic rings. The Kier molecular flexibility index (Phi) is 4.70. The predicted octanol–water partition coefficient (Wildman–Crippen LogP) is 2.41. The fraction of sp³-hybridized carbons (Fsp3) is 0.476. The van der Waals surface area contributed by atoms with Crippen LogP contribution in [0.15, 0.2) is 48.9 Å². The maximum absolute atomic E-state index is 10.6. The Balaban J connectivity index is 1.21. The summed E-state index contributed by atoms with van der Waals surface area (Å²) in [4.78, 5) is 4.54. The molecule has 3 aromatic rings. The molecule has 5 rings (SSSR count). The summed E-state index contributed by atoms with van der Waals surface area (Å²) in [5.74, 6) is 1.42. The van der Waals surface area contributed by atoms with Crippen molar-refractivity contribution in [1.29, 1.82) is 0 Å². The molecule has 3 atom stereocenters. The second-order valence-corrected chi connectivity index (χ2v) is 8.06. The van der Waals surface area contributed by atoms with Crippen molar-refractivity contribution >= 4 is 0 Å². The van der Waals surface area contributed by atoms with Gasteiger partial charge >= 0.3 is 0 Å². The van der Waals surface area contributed by atoms with Gasteiger partial charge in [-0.1, -0.05) is 35.5 Å². The molecule has 28 heavy (non-hydrogen) atoms. The molecule has 0 aliphatic heterocycles. The van der Waals surface area contributed by atoms with Gasteiger partial charge in [0.05, 0.1) is 24.0 Å². The van der Waals surface area contributed by atoms with Gasteiger partial charge in [0.2, 0.25) is 0 Å². The van der Waals surface area contributed by atoms with Crippen molar-refractivity contribution in [3.05, 3.63) is 54.6 Å². The Bertz CT molecular complexity index is 916. The van der Waals surface area contributed by atoms with E-state index < -0.39 is 0 Å². The number of imidazole rings is 1. The number of benzene rings is 1. The minimum absolute atomic E-state index is 0.108. The quantitative estimate of drug-likeness (QED) is 0.660. The predicted molar refractivity (Wildman–Crippen MR) is 105 cm³/mol. The first-order chi connectivity index (χ1) is 13.8. The fourth-order valence-electron chi connectivity index (χ4n) is 4.32. The van der Waals surface area contributed by atoms with Gasteiger partial charge in [0.15, 0.2) is 0 Å². The van der Waals surface area contributed by atoms with E-state index in [1.807, 2.05) is 41.5 Å². The normalized spacial score (nSPS) is 24.7. The van der Waals surface area contributed by atoms with Crippen LogP contribution in [-0.2, 0) is 13.1 Å². The fourth-order valence-corrected chi connectivity index (χ4v) is 4.32. The number of rotatable bonds is 7.